The Morgan fingerprint density at radius 2 is 1.89 bits per heavy atom. The van der Waals surface area contributed by atoms with Crippen molar-refractivity contribution in [3.63, 3.8) is 0 Å². The highest BCUT2D eigenvalue weighted by Gasteiger charge is 2.28. The van der Waals surface area contributed by atoms with Crippen molar-refractivity contribution < 1.29 is 4.74 Å². The van der Waals surface area contributed by atoms with Crippen LogP contribution < -0.4 is 10.1 Å². The molecule has 1 aliphatic rings. The third kappa shape index (κ3) is 3.26. The highest BCUT2D eigenvalue weighted by molar-refractivity contribution is 5.27. The maximum absolute atomic E-state index is 5.45. The lowest BCUT2D eigenvalue weighted by Gasteiger charge is -2.19. The highest BCUT2D eigenvalue weighted by atomic mass is 16.5. The number of ether oxygens (including phenoxy) is 1. The summed E-state index contributed by atoms with van der Waals surface area (Å²) in [6.45, 7) is 8.44. The van der Waals surface area contributed by atoms with Gasteiger partial charge in [0.1, 0.15) is 5.75 Å². The van der Waals surface area contributed by atoms with E-state index in [0.29, 0.717) is 6.04 Å². The molecule has 3 unspecified atom stereocenters. The van der Waals surface area contributed by atoms with Gasteiger partial charge in [0.15, 0.2) is 0 Å². The summed E-state index contributed by atoms with van der Waals surface area (Å²) in [6.07, 6.45) is 2.68. The first-order valence-electron chi connectivity index (χ1n) is 7.15. The Bertz CT molecular complexity index is 360. The topological polar surface area (TPSA) is 21.3 Å². The summed E-state index contributed by atoms with van der Waals surface area (Å²) in [4.78, 5) is 0. The lowest BCUT2D eigenvalue weighted by Crippen LogP contribution is -2.31. The Labute approximate surface area is 111 Å². The summed E-state index contributed by atoms with van der Waals surface area (Å²) in [7, 11) is 0. The van der Waals surface area contributed by atoms with Gasteiger partial charge in [0.2, 0.25) is 0 Å². The number of hydrogen-bond donors (Lipinski definition) is 1. The molecule has 3 atom stereocenters. The Kier molecular flexibility index (Phi) is 4.65. The van der Waals surface area contributed by atoms with E-state index in [4.69, 9.17) is 4.74 Å². The van der Waals surface area contributed by atoms with Crippen LogP contribution in [0.25, 0.3) is 0 Å². The van der Waals surface area contributed by atoms with Crippen LogP contribution >= 0.6 is 0 Å². The van der Waals surface area contributed by atoms with Crippen molar-refractivity contribution in [1.29, 1.82) is 0 Å². The average molecular weight is 247 g/mol. The van der Waals surface area contributed by atoms with Gasteiger partial charge in [-0.05, 0) is 49.3 Å². The van der Waals surface area contributed by atoms with Gasteiger partial charge in [-0.3, -0.25) is 0 Å². The smallest absolute Gasteiger partial charge is 0.119 e. The summed E-state index contributed by atoms with van der Waals surface area (Å²) in [6, 6.07) is 9.11. The molecule has 0 amide bonds. The molecule has 1 aromatic carbocycles. The molecule has 0 aliphatic heterocycles. The SMILES string of the molecule is CCOc1ccc(CNC2CCC(C)C2C)cc1. The molecule has 1 N–H and O–H groups in total. The molecule has 0 spiro atoms. The summed E-state index contributed by atoms with van der Waals surface area (Å²) < 4.78 is 5.45. The van der Waals surface area contributed by atoms with E-state index in [-0.39, 0.29) is 0 Å². The largest absolute Gasteiger partial charge is 0.494 e. The van der Waals surface area contributed by atoms with Gasteiger partial charge < -0.3 is 10.1 Å². The second kappa shape index (κ2) is 6.24. The van der Waals surface area contributed by atoms with Crippen LogP contribution in [0.1, 0.15) is 39.2 Å². The molecule has 0 aromatic heterocycles. The van der Waals surface area contributed by atoms with E-state index in [0.717, 1.165) is 30.7 Å². The van der Waals surface area contributed by atoms with E-state index in [1.807, 2.05) is 6.92 Å². The molecule has 0 radical (unpaired) electrons. The van der Waals surface area contributed by atoms with Crippen molar-refractivity contribution in [2.45, 2.75) is 46.2 Å². The minimum atomic E-state index is 0.687. The van der Waals surface area contributed by atoms with E-state index < -0.39 is 0 Å². The molecule has 0 heterocycles. The van der Waals surface area contributed by atoms with Gasteiger partial charge in [-0.1, -0.05) is 26.0 Å². The molecule has 100 valence electrons. The van der Waals surface area contributed by atoms with Crippen LogP contribution in [0, 0.1) is 11.8 Å². The fourth-order valence-electron chi connectivity index (χ4n) is 2.77. The molecule has 2 heteroatoms. The normalized spacial score (nSPS) is 27.4. The Hall–Kier alpha value is -1.02. The van der Waals surface area contributed by atoms with E-state index in [9.17, 15) is 0 Å². The second-order valence-corrected chi connectivity index (χ2v) is 5.48. The molecule has 2 rings (SSSR count). The monoisotopic (exact) mass is 247 g/mol. The summed E-state index contributed by atoms with van der Waals surface area (Å²) in [5, 5.41) is 3.69. The van der Waals surface area contributed by atoms with Crippen molar-refractivity contribution in [2.24, 2.45) is 11.8 Å². The van der Waals surface area contributed by atoms with Crippen LogP contribution in [0.4, 0.5) is 0 Å². The van der Waals surface area contributed by atoms with Gasteiger partial charge >= 0.3 is 0 Å². The second-order valence-electron chi connectivity index (χ2n) is 5.48. The minimum absolute atomic E-state index is 0.687. The minimum Gasteiger partial charge on any atom is -0.494 e. The maximum Gasteiger partial charge on any atom is 0.119 e. The summed E-state index contributed by atoms with van der Waals surface area (Å²) in [5.74, 6) is 2.62. The van der Waals surface area contributed by atoms with Gasteiger partial charge in [0, 0.05) is 12.6 Å². The molecule has 0 bridgehead atoms. The highest BCUT2D eigenvalue weighted by Crippen LogP contribution is 2.31. The van der Waals surface area contributed by atoms with E-state index in [1.54, 1.807) is 0 Å². The van der Waals surface area contributed by atoms with Crippen LogP contribution in [-0.2, 0) is 6.54 Å². The first kappa shape index (κ1) is 13.4. The van der Waals surface area contributed by atoms with Gasteiger partial charge in [-0.25, -0.2) is 0 Å². The lowest BCUT2D eigenvalue weighted by molar-refractivity contribution is 0.340. The Morgan fingerprint density at radius 1 is 1.17 bits per heavy atom. The predicted octanol–water partition coefficient (Wildman–Crippen LogP) is 3.61. The van der Waals surface area contributed by atoms with Crippen LogP contribution in [-0.4, -0.2) is 12.6 Å². The van der Waals surface area contributed by atoms with Crippen LogP contribution in [0.2, 0.25) is 0 Å². The quantitative estimate of drug-likeness (QED) is 0.858. The average Bonchev–Trinajstić information content (AvgIpc) is 2.70. The van der Waals surface area contributed by atoms with Crippen molar-refractivity contribution in [3.8, 4) is 5.75 Å². The van der Waals surface area contributed by atoms with Gasteiger partial charge in [0.05, 0.1) is 6.61 Å². The molecule has 1 aromatic rings. The zero-order valence-corrected chi connectivity index (χ0v) is 11.8. The fourth-order valence-corrected chi connectivity index (χ4v) is 2.77. The van der Waals surface area contributed by atoms with Crippen LogP contribution in [0.5, 0.6) is 5.75 Å². The third-order valence-corrected chi connectivity index (χ3v) is 4.27. The first-order valence-corrected chi connectivity index (χ1v) is 7.15. The Balaban J connectivity index is 1.83. The van der Waals surface area contributed by atoms with Crippen LogP contribution in [0.3, 0.4) is 0 Å². The van der Waals surface area contributed by atoms with Gasteiger partial charge in [-0.2, -0.15) is 0 Å². The zero-order chi connectivity index (χ0) is 13.0. The Morgan fingerprint density at radius 3 is 2.44 bits per heavy atom. The molecule has 1 aliphatic carbocycles. The molecule has 1 saturated carbocycles. The fraction of sp³-hybridized carbons (Fsp3) is 0.625. The summed E-state index contributed by atoms with van der Waals surface area (Å²) >= 11 is 0. The standard InChI is InChI=1S/C16H25NO/c1-4-18-15-8-6-14(7-9-15)11-17-16-10-5-12(2)13(16)3/h6-9,12-13,16-17H,4-5,10-11H2,1-3H3. The lowest BCUT2D eigenvalue weighted by atomic mass is 9.98. The van der Waals surface area contributed by atoms with Crippen LogP contribution in [0.15, 0.2) is 24.3 Å². The predicted molar refractivity (Wildman–Crippen MR) is 75.8 cm³/mol. The third-order valence-electron chi connectivity index (χ3n) is 4.27. The molecule has 0 saturated heterocycles. The van der Waals surface area contributed by atoms with Crippen molar-refractivity contribution in [1.82, 2.24) is 5.32 Å². The van der Waals surface area contributed by atoms with E-state index >= 15 is 0 Å². The molecule has 18 heavy (non-hydrogen) atoms. The van der Waals surface area contributed by atoms with Gasteiger partial charge in [0.25, 0.3) is 0 Å². The molecular weight excluding hydrogens is 222 g/mol. The first-order chi connectivity index (χ1) is 8.70. The zero-order valence-electron chi connectivity index (χ0n) is 11.8. The number of hydrogen-bond acceptors (Lipinski definition) is 2. The molecule has 1 fully saturated rings. The van der Waals surface area contributed by atoms with Crippen molar-refractivity contribution in [2.75, 3.05) is 6.61 Å². The maximum atomic E-state index is 5.45. The number of rotatable bonds is 5. The number of benzene rings is 1. The van der Waals surface area contributed by atoms with Crippen molar-refractivity contribution >= 4 is 0 Å². The number of nitrogens with one attached hydrogen (secondary N) is 1. The van der Waals surface area contributed by atoms with E-state index in [2.05, 4.69) is 43.4 Å². The van der Waals surface area contributed by atoms with Crippen molar-refractivity contribution in [3.05, 3.63) is 29.8 Å². The molecular formula is C16H25NO. The van der Waals surface area contributed by atoms with E-state index in [1.165, 1.54) is 18.4 Å². The molecule has 2 nitrogen and oxygen atoms in total. The summed E-state index contributed by atoms with van der Waals surface area (Å²) in [5.41, 5.74) is 1.34. The van der Waals surface area contributed by atoms with Gasteiger partial charge in [-0.15, -0.1) is 0 Å².